The van der Waals surface area contributed by atoms with E-state index in [0.717, 1.165) is 12.6 Å². The normalized spacial score (nSPS) is 18.6. The molecule has 1 aliphatic carbocycles. The van der Waals surface area contributed by atoms with E-state index in [9.17, 15) is 0 Å². The van der Waals surface area contributed by atoms with Crippen LogP contribution in [-0.4, -0.2) is 6.04 Å². The molecular weight excluding hydrogens is 214 g/mol. The van der Waals surface area contributed by atoms with Crippen LogP contribution in [0.25, 0.3) is 0 Å². The van der Waals surface area contributed by atoms with Crippen LogP contribution in [0.1, 0.15) is 53.8 Å². The van der Waals surface area contributed by atoms with Gasteiger partial charge in [0.05, 0.1) is 0 Å². The summed E-state index contributed by atoms with van der Waals surface area (Å²) in [5.41, 5.74) is 1.45. The van der Waals surface area contributed by atoms with Gasteiger partial charge in [0.1, 0.15) is 0 Å². The zero-order valence-corrected chi connectivity index (χ0v) is 11.3. The fraction of sp³-hybridized carbons (Fsp3) is 0.714. The SMILES string of the molecule is Cc1cc(CNC2CCCCCC2)sc1C. The van der Waals surface area contributed by atoms with Crippen LogP contribution in [0.4, 0.5) is 0 Å². The fourth-order valence-electron chi connectivity index (χ4n) is 2.47. The molecule has 2 rings (SSSR count). The largest absolute Gasteiger partial charge is 0.309 e. The van der Waals surface area contributed by atoms with Crippen molar-refractivity contribution in [1.82, 2.24) is 5.32 Å². The highest BCUT2D eigenvalue weighted by Crippen LogP contribution is 2.22. The smallest absolute Gasteiger partial charge is 0.0302 e. The van der Waals surface area contributed by atoms with Gasteiger partial charge in [0, 0.05) is 22.3 Å². The first-order valence-electron chi connectivity index (χ1n) is 6.55. The third kappa shape index (κ3) is 3.33. The first kappa shape index (κ1) is 12.1. The second-order valence-corrected chi connectivity index (χ2v) is 6.36. The summed E-state index contributed by atoms with van der Waals surface area (Å²) in [7, 11) is 0. The van der Waals surface area contributed by atoms with Gasteiger partial charge in [0.2, 0.25) is 0 Å². The van der Waals surface area contributed by atoms with Gasteiger partial charge in [0.25, 0.3) is 0 Å². The van der Waals surface area contributed by atoms with Crippen molar-refractivity contribution in [2.24, 2.45) is 0 Å². The summed E-state index contributed by atoms with van der Waals surface area (Å²) in [5.74, 6) is 0. The topological polar surface area (TPSA) is 12.0 Å². The predicted molar refractivity (Wildman–Crippen MR) is 72.1 cm³/mol. The van der Waals surface area contributed by atoms with E-state index in [1.807, 2.05) is 11.3 Å². The van der Waals surface area contributed by atoms with Gasteiger partial charge in [-0.15, -0.1) is 11.3 Å². The van der Waals surface area contributed by atoms with Crippen molar-refractivity contribution in [1.29, 1.82) is 0 Å². The minimum Gasteiger partial charge on any atom is -0.309 e. The Morgan fingerprint density at radius 1 is 1.19 bits per heavy atom. The summed E-state index contributed by atoms with van der Waals surface area (Å²) < 4.78 is 0. The van der Waals surface area contributed by atoms with E-state index in [0.29, 0.717) is 0 Å². The quantitative estimate of drug-likeness (QED) is 0.778. The van der Waals surface area contributed by atoms with Crippen molar-refractivity contribution in [2.45, 2.75) is 65.0 Å². The van der Waals surface area contributed by atoms with Gasteiger partial charge in [0.15, 0.2) is 0 Å². The summed E-state index contributed by atoms with van der Waals surface area (Å²) in [6.45, 7) is 5.50. The van der Waals surface area contributed by atoms with Crippen LogP contribution in [0, 0.1) is 13.8 Å². The van der Waals surface area contributed by atoms with Gasteiger partial charge in [-0.2, -0.15) is 0 Å². The Balaban J connectivity index is 1.81. The molecule has 2 heteroatoms. The monoisotopic (exact) mass is 237 g/mol. The molecule has 90 valence electrons. The number of nitrogens with one attached hydrogen (secondary N) is 1. The standard InChI is InChI=1S/C14H23NS/c1-11-9-14(16-12(11)2)10-15-13-7-5-3-4-6-8-13/h9,13,15H,3-8,10H2,1-2H3. The minimum absolute atomic E-state index is 0.769. The van der Waals surface area contributed by atoms with Crippen molar-refractivity contribution in [3.8, 4) is 0 Å². The summed E-state index contributed by atoms with van der Waals surface area (Å²) in [6.07, 6.45) is 8.47. The average Bonchev–Trinajstić information content (AvgIpc) is 2.50. The number of rotatable bonds is 3. The second-order valence-electron chi connectivity index (χ2n) is 5.02. The van der Waals surface area contributed by atoms with Gasteiger partial charge < -0.3 is 5.32 Å². The van der Waals surface area contributed by atoms with Crippen LogP contribution in [-0.2, 0) is 6.54 Å². The van der Waals surface area contributed by atoms with E-state index in [1.54, 1.807) is 0 Å². The van der Waals surface area contributed by atoms with Gasteiger partial charge >= 0.3 is 0 Å². The van der Waals surface area contributed by atoms with E-state index in [2.05, 4.69) is 25.2 Å². The molecule has 0 atom stereocenters. The van der Waals surface area contributed by atoms with Crippen molar-refractivity contribution < 1.29 is 0 Å². The fourth-order valence-corrected chi connectivity index (χ4v) is 3.47. The molecule has 1 nitrogen and oxygen atoms in total. The Hall–Kier alpha value is -0.340. The lowest BCUT2D eigenvalue weighted by atomic mass is 10.1. The molecule has 0 radical (unpaired) electrons. The Kier molecular flexibility index (Phi) is 4.42. The predicted octanol–water partition coefficient (Wildman–Crippen LogP) is 4.18. The molecule has 0 saturated heterocycles. The Morgan fingerprint density at radius 3 is 2.44 bits per heavy atom. The van der Waals surface area contributed by atoms with Crippen LogP contribution < -0.4 is 5.32 Å². The van der Waals surface area contributed by atoms with E-state index in [4.69, 9.17) is 0 Å². The molecular formula is C14H23NS. The zero-order valence-electron chi connectivity index (χ0n) is 10.5. The number of hydrogen-bond acceptors (Lipinski definition) is 2. The van der Waals surface area contributed by atoms with Crippen LogP contribution >= 0.6 is 11.3 Å². The van der Waals surface area contributed by atoms with Crippen molar-refractivity contribution in [3.63, 3.8) is 0 Å². The van der Waals surface area contributed by atoms with E-state index >= 15 is 0 Å². The number of aryl methyl sites for hydroxylation is 2. The van der Waals surface area contributed by atoms with Crippen molar-refractivity contribution in [3.05, 3.63) is 21.4 Å². The third-order valence-corrected chi connectivity index (χ3v) is 4.79. The van der Waals surface area contributed by atoms with Gasteiger partial charge in [-0.1, -0.05) is 25.7 Å². The molecule has 0 bridgehead atoms. The van der Waals surface area contributed by atoms with E-state index < -0.39 is 0 Å². The summed E-state index contributed by atoms with van der Waals surface area (Å²) in [4.78, 5) is 2.97. The summed E-state index contributed by atoms with van der Waals surface area (Å²) in [6, 6.07) is 3.11. The molecule has 1 heterocycles. The van der Waals surface area contributed by atoms with Crippen molar-refractivity contribution >= 4 is 11.3 Å². The molecule has 1 saturated carbocycles. The Labute approximate surface area is 103 Å². The Bertz CT molecular complexity index is 302. The van der Waals surface area contributed by atoms with Gasteiger partial charge in [-0.05, 0) is 38.3 Å². The van der Waals surface area contributed by atoms with Crippen molar-refractivity contribution in [2.75, 3.05) is 0 Å². The molecule has 0 aromatic carbocycles. The molecule has 0 spiro atoms. The van der Waals surface area contributed by atoms with Crippen LogP contribution in [0.5, 0.6) is 0 Å². The third-order valence-electron chi connectivity index (χ3n) is 3.64. The highest BCUT2D eigenvalue weighted by molar-refractivity contribution is 7.12. The lowest BCUT2D eigenvalue weighted by Crippen LogP contribution is -2.27. The first-order valence-corrected chi connectivity index (χ1v) is 7.36. The molecule has 1 aromatic heterocycles. The molecule has 1 aliphatic rings. The van der Waals surface area contributed by atoms with E-state index in [-0.39, 0.29) is 0 Å². The number of hydrogen-bond donors (Lipinski definition) is 1. The maximum atomic E-state index is 3.73. The molecule has 0 aliphatic heterocycles. The van der Waals surface area contributed by atoms with Crippen LogP contribution in [0.15, 0.2) is 6.07 Å². The molecule has 0 unspecified atom stereocenters. The van der Waals surface area contributed by atoms with E-state index in [1.165, 1.54) is 53.8 Å². The maximum Gasteiger partial charge on any atom is 0.0302 e. The molecule has 1 N–H and O–H groups in total. The summed E-state index contributed by atoms with van der Waals surface area (Å²) >= 11 is 1.95. The lowest BCUT2D eigenvalue weighted by molar-refractivity contribution is 0.461. The zero-order chi connectivity index (χ0) is 11.4. The van der Waals surface area contributed by atoms with Crippen LogP contribution in [0.2, 0.25) is 0 Å². The Morgan fingerprint density at radius 2 is 1.88 bits per heavy atom. The second kappa shape index (κ2) is 5.83. The highest BCUT2D eigenvalue weighted by atomic mass is 32.1. The van der Waals surface area contributed by atoms with Gasteiger partial charge in [-0.3, -0.25) is 0 Å². The number of thiophene rings is 1. The first-order chi connectivity index (χ1) is 7.75. The molecule has 16 heavy (non-hydrogen) atoms. The average molecular weight is 237 g/mol. The van der Waals surface area contributed by atoms with Crippen LogP contribution in [0.3, 0.4) is 0 Å². The summed E-state index contributed by atoms with van der Waals surface area (Å²) in [5, 5.41) is 3.73. The minimum atomic E-state index is 0.769. The molecule has 1 aromatic rings. The lowest BCUT2D eigenvalue weighted by Gasteiger charge is -2.15. The molecule has 1 fully saturated rings. The van der Waals surface area contributed by atoms with Gasteiger partial charge in [-0.25, -0.2) is 0 Å². The molecule has 0 amide bonds. The highest BCUT2D eigenvalue weighted by Gasteiger charge is 2.11. The maximum absolute atomic E-state index is 3.73.